The third kappa shape index (κ3) is 13.9. The topological polar surface area (TPSA) is 350 Å². The number of nitrogens with zero attached hydrogens (tertiary/aromatic N) is 5. The normalized spacial score (nSPS) is 22.6. The minimum Gasteiger partial charge on any atom is -0.386 e. The molecule has 0 radical (unpaired) electrons. The Morgan fingerprint density at radius 3 is 2.43 bits per heavy atom. The van der Waals surface area contributed by atoms with Gasteiger partial charge in [-0.1, -0.05) is 49.3 Å². The fraction of sp³-hybridized carbons (Fsp3) is 0.720. The Hall–Kier alpha value is -1.96. The number of carbonyl (C=O) groups excluding carboxylic acids is 2. The number of nitroso groups, excluding NO2 is 1. The SMILES string of the molecule is CCC(C)SSCCNC(=O)CCNC(=O)[C@@H](O)C(C)(C)COP(=O)(O)OP(=O)(O)OC[C@H]1O[C@@H](n2cnc3c(N=O)ncnc32)C(O)[C@H]1OP(=O)(O)O. The van der Waals surface area contributed by atoms with Crippen molar-refractivity contribution in [1.29, 1.82) is 0 Å². The highest BCUT2D eigenvalue weighted by molar-refractivity contribution is 8.76. The van der Waals surface area contributed by atoms with Crippen molar-refractivity contribution in [2.75, 3.05) is 32.1 Å². The molecule has 0 aliphatic carbocycles. The molecule has 29 heteroatoms. The third-order valence-corrected chi connectivity index (χ3v) is 13.6. The van der Waals surface area contributed by atoms with Gasteiger partial charge in [-0.25, -0.2) is 28.6 Å². The predicted molar refractivity (Wildman–Crippen MR) is 190 cm³/mol. The molecule has 1 aliphatic rings. The first-order valence-corrected chi connectivity index (χ1v) is 22.7. The first-order chi connectivity index (χ1) is 25.1. The van der Waals surface area contributed by atoms with Crippen LogP contribution in [-0.2, 0) is 45.9 Å². The van der Waals surface area contributed by atoms with Gasteiger partial charge in [0.25, 0.3) is 0 Å². The molecule has 2 aromatic heterocycles. The number of phosphoric ester groups is 3. The van der Waals surface area contributed by atoms with E-state index in [1.807, 2.05) is 0 Å². The Labute approximate surface area is 315 Å². The number of ether oxygens (including phenoxy) is 1. The number of carbonyl (C=O) groups is 2. The summed E-state index contributed by atoms with van der Waals surface area (Å²) in [6.07, 6.45) is -6.21. The van der Waals surface area contributed by atoms with E-state index in [1.165, 1.54) is 13.8 Å². The number of hydrogen-bond donors (Lipinski definition) is 8. The van der Waals surface area contributed by atoms with Crippen molar-refractivity contribution in [2.45, 2.75) is 76.4 Å². The van der Waals surface area contributed by atoms with Crippen molar-refractivity contribution in [1.82, 2.24) is 30.2 Å². The Bertz CT molecular complexity index is 1750. The van der Waals surface area contributed by atoms with Crippen molar-refractivity contribution < 1.29 is 75.7 Å². The average molecular weight is 870 g/mol. The number of fused-ring (bicyclic) bond motifs is 1. The molecule has 2 amide bonds. The first kappa shape index (κ1) is 46.4. The van der Waals surface area contributed by atoms with Crippen molar-refractivity contribution in [2.24, 2.45) is 10.6 Å². The Morgan fingerprint density at radius 2 is 1.78 bits per heavy atom. The summed E-state index contributed by atoms with van der Waals surface area (Å²) in [4.78, 5) is 86.2. The minimum absolute atomic E-state index is 0.0862. The number of rotatable bonds is 23. The summed E-state index contributed by atoms with van der Waals surface area (Å²) in [5.74, 6) is -0.957. The fourth-order valence-electron chi connectivity index (χ4n) is 4.44. The summed E-state index contributed by atoms with van der Waals surface area (Å²) in [5, 5.41) is 29.7. The van der Waals surface area contributed by atoms with Crippen LogP contribution in [0.2, 0.25) is 0 Å². The molecule has 2 aromatic rings. The molecule has 3 heterocycles. The van der Waals surface area contributed by atoms with Crippen LogP contribution in [0.4, 0.5) is 5.82 Å². The predicted octanol–water partition coefficient (Wildman–Crippen LogP) is 1.40. The van der Waals surface area contributed by atoms with Crippen LogP contribution in [0.1, 0.15) is 46.8 Å². The van der Waals surface area contributed by atoms with Crippen LogP contribution in [-0.4, -0.2) is 123 Å². The number of nitrogens with one attached hydrogen (secondary N) is 2. The quantitative estimate of drug-likeness (QED) is 0.0338. The minimum atomic E-state index is -5.58. The molecule has 0 aromatic carbocycles. The number of aromatic nitrogens is 4. The summed E-state index contributed by atoms with van der Waals surface area (Å²) < 4.78 is 61.9. The van der Waals surface area contributed by atoms with Gasteiger partial charge >= 0.3 is 23.5 Å². The summed E-state index contributed by atoms with van der Waals surface area (Å²) in [6.45, 7) is 4.97. The van der Waals surface area contributed by atoms with Crippen LogP contribution in [0.5, 0.6) is 0 Å². The zero-order valence-electron chi connectivity index (χ0n) is 29.1. The molecule has 4 unspecified atom stereocenters. The molecule has 1 aliphatic heterocycles. The Morgan fingerprint density at radius 1 is 1.09 bits per heavy atom. The molecular weight excluding hydrogens is 827 g/mol. The lowest BCUT2D eigenvalue weighted by Gasteiger charge is -2.30. The zero-order chi connectivity index (χ0) is 40.5. The molecule has 306 valence electrons. The molecule has 0 bridgehead atoms. The average Bonchev–Trinajstić information content (AvgIpc) is 3.65. The maximum Gasteiger partial charge on any atom is 0.481 e. The van der Waals surface area contributed by atoms with E-state index in [0.29, 0.717) is 17.5 Å². The number of imidazole rings is 1. The number of amides is 2. The highest BCUT2D eigenvalue weighted by Crippen LogP contribution is 2.61. The molecule has 8 atom stereocenters. The Balaban J connectivity index is 1.53. The smallest absolute Gasteiger partial charge is 0.386 e. The van der Waals surface area contributed by atoms with Gasteiger partial charge in [0.2, 0.25) is 17.6 Å². The second-order valence-electron chi connectivity index (χ2n) is 12.2. The number of aliphatic hydroxyl groups is 2. The van der Waals surface area contributed by atoms with E-state index in [-0.39, 0.29) is 35.9 Å². The number of aliphatic hydroxyl groups excluding tert-OH is 2. The van der Waals surface area contributed by atoms with Crippen LogP contribution in [0, 0.1) is 10.3 Å². The summed E-state index contributed by atoms with van der Waals surface area (Å²) in [5.41, 5.74) is -1.84. The molecule has 0 saturated carbocycles. The summed E-state index contributed by atoms with van der Waals surface area (Å²) in [6, 6.07) is 0. The van der Waals surface area contributed by atoms with Gasteiger partial charge in [0.05, 0.1) is 19.5 Å². The third-order valence-electron chi connectivity index (χ3n) is 7.43. The number of phosphoric acid groups is 3. The summed E-state index contributed by atoms with van der Waals surface area (Å²) in [7, 11) is -13.1. The van der Waals surface area contributed by atoms with Gasteiger partial charge in [0.15, 0.2) is 17.4 Å². The summed E-state index contributed by atoms with van der Waals surface area (Å²) >= 11 is 0. The fourth-order valence-corrected chi connectivity index (χ4v) is 9.56. The van der Waals surface area contributed by atoms with E-state index in [2.05, 4.69) is 53.4 Å². The molecule has 1 saturated heterocycles. The van der Waals surface area contributed by atoms with E-state index in [1.54, 1.807) is 21.6 Å². The van der Waals surface area contributed by atoms with E-state index in [0.717, 1.165) is 23.6 Å². The van der Waals surface area contributed by atoms with Crippen molar-refractivity contribution in [3.63, 3.8) is 0 Å². The lowest BCUT2D eigenvalue weighted by Crippen LogP contribution is -2.46. The van der Waals surface area contributed by atoms with Gasteiger partial charge in [-0.3, -0.25) is 27.7 Å². The second kappa shape index (κ2) is 19.9. The lowest BCUT2D eigenvalue weighted by atomic mass is 9.87. The maximum absolute atomic E-state index is 12.7. The van der Waals surface area contributed by atoms with Crippen LogP contribution in [0.3, 0.4) is 0 Å². The van der Waals surface area contributed by atoms with Crippen LogP contribution < -0.4 is 10.6 Å². The van der Waals surface area contributed by atoms with Gasteiger partial charge < -0.3 is 45.2 Å². The maximum atomic E-state index is 12.7. The van der Waals surface area contributed by atoms with E-state index in [9.17, 15) is 58.0 Å². The largest absolute Gasteiger partial charge is 0.481 e. The Kier molecular flexibility index (Phi) is 17.2. The first-order valence-electron chi connectivity index (χ1n) is 15.8. The molecule has 8 N–H and O–H groups in total. The van der Waals surface area contributed by atoms with Gasteiger partial charge in [0, 0.05) is 35.9 Å². The highest BCUT2D eigenvalue weighted by atomic mass is 33.1. The van der Waals surface area contributed by atoms with Crippen LogP contribution in [0.25, 0.3) is 11.2 Å². The van der Waals surface area contributed by atoms with E-state index in [4.69, 9.17) is 13.8 Å². The van der Waals surface area contributed by atoms with Gasteiger partial charge in [0.1, 0.15) is 30.7 Å². The molecule has 1 fully saturated rings. The van der Waals surface area contributed by atoms with Gasteiger partial charge in [-0.2, -0.15) is 4.31 Å². The molecule has 54 heavy (non-hydrogen) atoms. The van der Waals surface area contributed by atoms with Crippen molar-refractivity contribution in [3.8, 4) is 0 Å². The zero-order valence-corrected chi connectivity index (χ0v) is 33.5. The monoisotopic (exact) mass is 869 g/mol. The van der Waals surface area contributed by atoms with Crippen molar-refractivity contribution in [3.05, 3.63) is 17.6 Å². The van der Waals surface area contributed by atoms with Crippen LogP contribution >= 0.6 is 45.1 Å². The second-order valence-corrected chi connectivity index (χ2v) is 19.4. The van der Waals surface area contributed by atoms with Crippen molar-refractivity contribution >= 4 is 73.9 Å². The van der Waals surface area contributed by atoms with Gasteiger partial charge in [-0.15, -0.1) is 4.91 Å². The highest BCUT2D eigenvalue weighted by Gasteiger charge is 2.50. The van der Waals surface area contributed by atoms with Crippen LogP contribution in [0.15, 0.2) is 17.8 Å². The standard InChI is InChI=1S/C25H42N7O17P3S2/c1-5-14(2)54-53-9-8-26-16(33)6-7-27-23(36)20(35)25(3,4)11-46-52(43,44)49-51(41,42)45-10-15-19(48-50(38,39)40)18(34)24(47-15)32-13-30-17-21(31-37)28-12-29-22(17)32/h12-15,18-20,24,34-35H,5-11H2,1-4H3,(H,26,33)(H,27,36)(H,41,42)(H,43,44)(H2,38,39,40)/t14?,15-,18?,19+,20-,24-/m1/s1. The van der Waals surface area contributed by atoms with Gasteiger partial charge in [-0.05, 0) is 11.6 Å². The molecular formula is C25H42N7O17P3S2. The van der Waals surface area contributed by atoms with E-state index < -0.39 is 78.6 Å². The number of hydrogen-bond acceptors (Lipinski definition) is 19. The lowest BCUT2D eigenvalue weighted by molar-refractivity contribution is -0.137. The molecule has 0 spiro atoms. The molecule has 3 rings (SSSR count). The van der Waals surface area contributed by atoms with E-state index >= 15 is 0 Å². The molecule has 24 nitrogen and oxygen atoms in total.